The van der Waals surface area contributed by atoms with Crippen molar-refractivity contribution in [3.05, 3.63) is 89.5 Å². The van der Waals surface area contributed by atoms with Crippen LogP contribution in [0.4, 0.5) is 0 Å². The number of nitrogens with zero attached hydrogens (tertiary/aromatic N) is 2. The highest BCUT2D eigenvalue weighted by atomic mass is 35.5. The van der Waals surface area contributed by atoms with Gasteiger partial charge in [0, 0.05) is 17.4 Å². The van der Waals surface area contributed by atoms with Crippen LogP contribution in [0.3, 0.4) is 0 Å². The largest absolute Gasteiger partial charge is 0.372 e. The van der Waals surface area contributed by atoms with Crippen LogP contribution in [0.15, 0.2) is 73.3 Å². The molecule has 0 saturated heterocycles. The minimum atomic E-state index is 0.0666. The molecular weight excluding hydrogens is 332 g/mol. The molecule has 25 heavy (non-hydrogen) atoms. The van der Waals surface area contributed by atoms with E-state index in [0.717, 1.165) is 17.9 Å². The standard InChI is InChI=1S/C21H23ClN2O/c1-17(25-15-18-7-3-2-4-8-18)21(24-14-13-23-16-24)12-11-19-9-5-6-10-20(19)22/h2-10,13-14,16-17,21H,11-12,15H2,1H3/t17-,21+/m0/s1. The topological polar surface area (TPSA) is 27.1 Å². The normalized spacial score (nSPS) is 13.5. The maximum absolute atomic E-state index is 6.30. The number of imidazole rings is 1. The first kappa shape index (κ1) is 17.7. The Kier molecular flexibility index (Phi) is 6.26. The van der Waals surface area contributed by atoms with Crippen LogP contribution in [0.25, 0.3) is 0 Å². The van der Waals surface area contributed by atoms with Crippen LogP contribution in [0.2, 0.25) is 5.02 Å². The first-order chi connectivity index (χ1) is 12.2. The van der Waals surface area contributed by atoms with Gasteiger partial charge in [0.05, 0.1) is 25.1 Å². The van der Waals surface area contributed by atoms with E-state index in [2.05, 4.69) is 34.7 Å². The molecule has 0 aliphatic heterocycles. The highest BCUT2D eigenvalue weighted by molar-refractivity contribution is 6.31. The predicted octanol–water partition coefficient (Wildman–Crippen LogP) is 5.32. The molecule has 4 heteroatoms. The van der Waals surface area contributed by atoms with Gasteiger partial charge in [-0.15, -0.1) is 0 Å². The Morgan fingerprint density at radius 1 is 1.08 bits per heavy atom. The number of hydrogen-bond acceptors (Lipinski definition) is 2. The average Bonchev–Trinajstić information content (AvgIpc) is 3.17. The summed E-state index contributed by atoms with van der Waals surface area (Å²) in [5.74, 6) is 0. The number of halogens is 1. The number of benzene rings is 2. The third kappa shape index (κ3) is 4.94. The molecule has 0 radical (unpaired) electrons. The lowest BCUT2D eigenvalue weighted by Gasteiger charge is -2.26. The van der Waals surface area contributed by atoms with Crippen molar-refractivity contribution in [3.63, 3.8) is 0 Å². The summed E-state index contributed by atoms with van der Waals surface area (Å²) in [5.41, 5.74) is 2.36. The molecule has 130 valence electrons. The zero-order chi connectivity index (χ0) is 17.5. The van der Waals surface area contributed by atoms with Crippen LogP contribution in [0.5, 0.6) is 0 Å². The van der Waals surface area contributed by atoms with Gasteiger partial charge in [-0.25, -0.2) is 4.98 Å². The molecule has 0 aliphatic rings. The maximum atomic E-state index is 6.30. The van der Waals surface area contributed by atoms with E-state index in [0.29, 0.717) is 6.61 Å². The van der Waals surface area contributed by atoms with E-state index in [-0.39, 0.29) is 12.1 Å². The molecule has 3 rings (SSSR count). The molecule has 0 aliphatic carbocycles. The van der Waals surface area contributed by atoms with Crippen LogP contribution in [-0.4, -0.2) is 15.7 Å². The SMILES string of the molecule is C[C@H](OCc1ccccc1)[C@@H](CCc1ccccc1Cl)n1ccnc1. The Balaban J connectivity index is 1.66. The summed E-state index contributed by atoms with van der Waals surface area (Å²) >= 11 is 6.30. The predicted molar refractivity (Wildman–Crippen MR) is 102 cm³/mol. The second-order valence-corrected chi connectivity index (χ2v) is 6.62. The summed E-state index contributed by atoms with van der Waals surface area (Å²) in [6.45, 7) is 2.74. The quantitative estimate of drug-likeness (QED) is 0.547. The molecule has 1 heterocycles. The second kappa shape index (κ2) is 8.84. The Hall–Kier alpha value is -2.10. The molecule has 2 atom stereocenters. The molecule has 0 fully saturated rings. The van der Waals surface area contributed by atoms with Gasteiger partial charge in [-0.3, -0.25) is 0 Å². The Labute approximate surface area is 154 Å². The monoisotopic (exact) mass is 354 g/mol. The van der Waals surface area contributed by atoms with E-state index in [9.17, 15) is 0 Å². The van der Waals surface area contributed by atoms with E-state index < -0.39 is 0 Å². The van der Waals surface area contributed by atoms with Crippen molar-refractivity contribution < 1.29 is 4.74 Å². The smallest absolute Gasteiger partial charge is 0.0949 e. The average molecular weight is 355 g/mol. The fraction of sp³-hybridized carbons (Fsp3) is 0.286. The van der Waals surface area contributed by atoms with Crippen molar-refractivity contribution in [2.45, 2.75) is 38.5 Å². The molecule has 0 spiro atoms. The minimum absolute atomic E-state index is 0.0666. The number of aryl methyl sites for hydroxylation is 1. The molecule has 0 saturated carbocycles. The van der Waals surface area contributed by atoms with Gasteiger partial charge in [0.2, 0.25) is 0 Å². The highest BCUT2D eigenvalue weighted by Gasteiger charge is 2.20. The summed E-state index contributed by atoms with van der Waals surface area (Å²) in [6.07, 6.45) is 7.58. The van der Waals surface area contributed by atoms with E-state index in [1.807, 2.05) is 55.1 Å². The summed E-state index contributed by atoms with van der Waals surface area (Å²) in [5, 5.41) is 0.824. The van der Waals surface area contributed by atoms with Gasteiger partial charge in [0.15, 0.2) is 0 Å². The van der Waals surface area contributed by atoms with E-state index in [4.69, 9.17) is 16.3 Å². The number of hydrogen-bond donors (Lipinski definition) is 0. The van der Waals surface area contributed by atoms with E-state index >= 15 is 0 Å². The van der Waals surface area contributed by atoms with Crippen LogP contribution >= 0.6 is 11.6 Å². The lowest BCUT2D eigenvalue weighted by Crippen LogP contribution is -2.24. The fourth-order valence-electron chi connectivity index (χ4n) is 3.01. The number of aromatic nitrogens is 2. The lowest BCUT2D eigenvalue weighted by atomic mass is 10.0. The van der Waals surface area contributed by atoms with Gasteiger partial charge in [-0.2, -0.15) is 0 Å². The fourth-order valence-corrected chi connectivity index (χ4v) is 3.24. The first-order valence-electron chi connectivity index (χ1n) is 8.60. The van der Waals surface area contributed by atoms with Gasteiger partial charge < -0.3 is 9.30 Å². The Morgan fingerprint density at radius 2 is 1.84 bits per heavy atom. The maximum Gasteiger partial charge on any atom is 0.0949 e. The minimum Gasteiger partial charge on any atom is -0.372 e. The van der Waals surface area contributed by atoms with Crippen molar-refractivity contribution in [2.24, 2.45) is 0 Å². The van der Waals surface area contributed by atoms with Crippen molar-refractivity contribution in [3.8, 4) is 0 Å². The van der Waals surface area contributed by atoms with E-state index in [1.165, 1.54) is 11.1 Å². The molecule has 1 aromatic heterocycles. The lowest BCUT2D eigenvalue weighted by molar-refractivity contribution is 0.0149. The van der Waals surface area contributed by atoms with Crippen molar-refractivity contribution in [1.29, 1.82) is 0 Å². The number of ether oxygens (including phenoxy) is 1. The van der Waals surface area contributed by atoms with Gasteiger partial charge in [0.25, 0.3) is 0 Å². The Bertz CT molecular complexity index is 759. The van der Waals surface area contributed by atoms with Crippen LogP contribution in [0.1, 0.15) is 30.5 Å². The second-order valence-electron chi connectivity index (χ2n) is 6.21. The molecule has 3 nitrogen and oxygen atoms in total. The summed E-state index contributed by atoms with van der Waals surface area (Å²) in [4.78, 5) is 4.20. The van der Waals surface area contributed by atoms with Crippen LogP contribution in [-0.2, 0) is 17.8 Å². The molecule has 3 aromatic rings. The molecule has 0 unspecified atom stereocenters. The third-order valence-electron chi connectivity index (χ3n) is 4.47. The van der Waals surface area contributed by atoms with Crippen molar-refractivity contribution >= 4 is 11.6 Å². The molecule has 0 amide bonds. The van der Waals surface area contributed by atoms with Crippen molar-refractivity contribution in [1.82, 2.24) is 9.55 Å². The van der Waals surface area contributed by atoms with Gasteiger partial charge >= 0.3 is 0 Å². The van der Waals surface area contributed by atoms with Gasteiger partial charge in [0.1, 0.15) is 0 Å². The first-order valence-corrected chi connectivity index (χ1v) is 8.98. The zero-order valence-corrected chi connectivity index (χ0v) is 15.1. The Morgan fingerprint density at radius 3 is 2.56 bits per heavy atom. The summed E-state index contributed by atoms with van der Waals surface area (Å²) in [7, 11) is 0. The summed E-state index contributed by atoms with van der Waals surface area (Å²) < 4.78 is 8.28. The highest BCUT2D eigenvalue weighted by Crippen LogP contribution is 2.25. The van der Waals surface area contributed by atoms with Gasteiger partial charge in [-0.1, -0.05) is 60.1 Å². The molecular formula is C21H23ClN2O. The van der Waals surface area contributed by atoms with Crippen LogP contribution < -0.4 is 0 Å². The van der Waals surface area contributed by atoms with Crippen LogP contribution in [0, 0.1) is 0 Å². The summed E-state index contributed by atoms with van der Waals surface area (Å²) in [6, 6.07) is 18.5. The molecule has 2 aromatic carbocycles. The molecule has 0 bridgehead atoms. The van der Waals surface area contributed by atoms with Crippen molar-refractivity contribution in [2.75, 3.05) is 0 Å². The van der Waals surface area contributed by atoms with Gasteiger partial charge in [-0.05, 0) is 37.0 Å². The third-order valence-corrected chi connectivity index (χ3v) is 4.84. The zero-order valence-electron chi connectivity index (χ0n) is 14.4. The number of rotatable bonds is 8. The molecule has 0 N–H and O–H groups in total. The van der Waals surface area contributed by atoms with E-state index in [1.54, 1.807) is 0 Å².